The molecule has 0 fully saturated rings. The van der Waals surface area contributed by atoms with Crippen molar-refractivity contribution >= 4 is 28.7 Å². The summed E-state index contributed by atoms with van der Waals surface area (Å²) in [6.07, 6.45) is 0. The van der Waals surface area contributed by atoms with E-state index in [2.05, 4.69) is 15.3 Å². The molecule has 8 heteroatoms. The summed E-state index contributed by atoms with van der Waals surface area (Å²) in [5, 5.41) is 3.69. The number of H-pyrrole nitrogens is 1. The molecule has 2 N–H and O–H groups in total. The molecule has 0 bridgehead atoms. The molecule has 0 aliphatic carbocycles. The number of aromatic nitrogens is 2. The fourth-order valence-electron chi connectivity index (χ4n) is 2.96. The highest BCUT2D eigenvalue weighted by Gasteiger charge is 2.16. The number of aromatic amines is 1. The number of benzene rings is 2. The Kier molecular flexibility index (Phi) is 6.87. The van der Waals surface area contributed by atoms with Gasteiger partial charge in [0.15, 0.2) is 5.16 Å². The average Bonchev–Trinajstić information content (AvgIpc) is 3.14. The zero-order chi connectivity index (χ0) is 20.8. The van der Waals surface area contributed by atoms with Crippen molar-refractivity contribution in [3.05, 3.63) is 42.0 Å². The van der Waals surface area contributed by atoms with Crippen molar-refractivity contribution in [3.63, 3.8) is 0 Å². The van der Waals surface area contributed by atoms with Crippen molar-refractivity contribution in [2.75, 3.05) is 26.6 Å². The first kappa shape index (κ1) is 20.9. The number of thioether (sulfide) groups is 1. The first-order chi connectivity index (χ1) is 14.0. The molecule has 0 radical (unpaired) electrons. The largest absolute Gasteiger partial charge is 0.497 e. The number of nitrogens with one attached hydrogen (secondary N) is 2. The highest BCUT2D eigenvalue weighted by molar-refractivity contribution is 7.99. The summed E-state index contributed by atoms with van der Waals surface area (Å²) < 4.78 is 16.2. The quantitative estimate of drug-likeness (QED) is 0.515. The number of methoxy groups -OCH3 is 2. The number of rotatable bonds is 9. The molecular weight excluding hydrogens is 390 g/mol. The summed E-state index contributed by atoms with van der Waals surface area (Å²) in [5.74, 6) is 2.36. The lowest BCUT2D eigenvalue weighted by molar-refractivity contribution is -0.119. The van der Waals surface area contributed by atoms with Gasteiger partial charge in [0.25, 0.3) is 0 Å². The van der Waals surface area contributed by atoms with Crippen LogP contribution in [0.4, 0.5) is 0 Å². The molecule has 0 aliphatic rings. The number of nitrogens with zero attached hydrogens (tertiary/aromatic N) is 1. The number of carbonyl (C=O) groups excluding carboxylic acids is 1. The van der Waals surface area contributed by atoms with E-state index in [1.807, 2.05) is 50.2 Å². The lowest BCUT2D eigenvalue weighted by Gasteiger charge is -2.18. The minimum Gasteiger partial charge on any atom is -0.497 e. The van der Waals surface area contributed by atoms with E-state index < -0.39 is 0 Å². The van der Waals surface area contributed by atoms with E-state index in [1.165, 1.54) is 11.8 Å². The van der Waals surface area contributed by atoms with Gasteiger partial charge in [-0.25, -0.2) is 4.98 Å². The standard InChI is InChI=1S/C21H25N3O4S/c1-5-28-15-6-8-17-18(11-15)24-21(23-17)29-12-20(25)22-13(2)16-10-14(26-3)7-9-19(16)27-4/h6-11,13H,5,12H2,1-4H3,(H,22,25)(H,23,24). The first-order valence-corrected chi connectivity index (χ1v) is 10.3. The Morgan fingerprint density at radius 3 is 2.69 bits per heavy atom. The second-order valence-electron chi connectivity index (χ2n) is 6.34. The van der Waals surface area contributed by atoms with Crippen LogP contribution in [0.2, 0.25) is 0 Å². The van der Waals surface area contributed by atoms with Crippen LogP contribution in [0.25, 0.3) is 11.0 Å². The van der Waals surface area contributed by atoms with Gasteiger partial charge in [-0.2, -0.15) is 0 Å². The second kappa shape index (κ2) is 9.56. The van der Waals surface area contributed by atoms with Crippen LogP contribution in [-0.4, -0.2) is 42.5 Å². The molecule has 154 valence electrons. The molecule has 1 unspecified atom stereocenters. The van der Waals surface area contributed by atoms with Crippen LogP contribution < -0.4 is 19.5 Å². The van der Waals surface area contributed by atoms with E-state index in [4.69, 9.17) is 14.2 Å². The average molecular weight is 416 g/mol. The fourth-order valence-corrected chi connectivity index (χ4v) is 3.66. The van der Waals surface area contributed by atoms with Crippen LogP contribution >= 0.6 is 11.8 Å². The summed E-state index contributed by atoms with van der Waals surface area (Å²) in [7, 11) is 3.21. The minimum atomic E-state index is -0.224. The monoisotopic (exact) mass is 415 g/mol. The Morgan fingerprint density at radius 2 is 1.97 bits per heavy atom. The zero-order valence-electron chi connectivity index (χ0n) is 16.9. The lowest BCUT2D eigenvalue weighted by Crippen LogP contribution is -2.28. The van der Waals surface area contributed by atoms with Gasteiger partial charge >= 0.3 is 0 Å². The molecule has 0 saturated carbocycles. The third-order valence-corrected chi connectivity index (χ3v) is 5.24. The van der Waals surface area contributed by atoms with Crippen molar-refractivity contribution in [1.82, 2.24) is 15.3 Å². The number of hydrogen-bond acceptors (Lipinski definition) is 6. The molecule has 1 heterocycles. The Balaban J connectivity index is 1.62. The highest BCUT2D eigenvalue weighted by atomic mass is 32.2. The van der Waals surface area contributed by atoms with Crippen molar-refractivity contribution in [2.24, 2.45) is 0 Å². The molecule has 1 aromatic heterocycles. The van der Waals surface area contributed by atoms with Gasteiger partial charge in [0, 0.05) is 11.6 Å². The van der Waals surface area contributed by atoms with Crippen LogP contribution in [0.1, 0.15) is 25.5 Å². The summed E-state index contributed by atoms with van der Waals surface area (Å²) in [6, 6.07) is 11.0. The molecule has 1 atom stereocenters. The Bertz CT molecular complexity index is 989. The van der Waals surface area contributed by atoms with E-state index >= 15 is 0 Å². The molecule has 3 aromatic rings. The fraction of sp³-hybridized carbons (Fsp3) is 0.333. The normalized spacial score (nSPS) is 11.9. The number of imidazole rings is 1. The van der Waals surface area contributed by atoms with E-state index in [9.17, 15) is 4.79 Å². The van der Waals surface area contributed by atoms with E-state index in [0.29, 0.717) is 23.3 Å². The van der Waals surface area contributed by atoms with Gasteiger partial charge in [0.2, 0.25) is 5.91 Å². The van der Waals surface area contributed by atoms with E-state index in [0.717, 1.165) is 22.3 Å². The topological polar surface area (TPSA) is 85.5 Å². The van der Waals surface area contributed by atoms with E-state index in [1.54, 1.807) is 14.2 Å². The number of carbonyl (C=O) groups is 1. The van der Waals surface area contributed by atoms with Gasteiger partial charge in [0.05, 0.1) is 43.7 Å². The summed E-state index contributed by atoms with van der Waals surface area (Å²) >= 11 is 1.35. The van der Waals surface area contributed by atoms with Gasteiger partial charge in [-0.3, -0.25) is 4.79 Å². The van der Waals surface area contributed by atoms with Crippen molar-refractivity contribution < 1.29 is 19.0 Å². The summed E-state index contributed by atoms with van der Waals surface area (Å²) in [5.41, 5.74) is 2.58. The van der Waals surface area contributed by atoms with Crippen LogP contribution in [0.15, 0.2) is 41.6 Å². The van der Waals surface area contributed by atoms with Gasteiger partial charge in [-0.05, 0) is 44.2 Å². The molecule has 29 heavy (non-hydrogen) atoms. The Morgan fingerprint density at radius 1 is 1.17 bits per heavy atom. The molecule has 2 aromatic carbocycles. The van der Waals surface area contributed by atoms with Gasteiger partial charge < -0.3 is 24.5 Å². The number of hydrogen-bond donors (Lipinski definition) is 2. The third-order valence-electron chi connectivity index (χ3n) is 4.36. The van der Waals surface area contributed by atoms with Crippen LogP contribution in [-0.2, 0) is 4.79 Å². The van der Waals surface area contributed by atoms with Crippen LogP contribution in [0, 0.1) is 0 Å². The van der Waals surface area contributed by atoms with Gasteiger partial charge in [-0.15, -0.1) is 0 Å². The number of ether oxygens (including phenoxy) is 3. The second-order valence-corrected chi connectivity index (χ2v) is 7.30. The molecular formula is C21H25N3O4S. The molecule has 0 spiro atoms. The summed E-state index contributed by atoms with van der Waals surface area (Å²) in [6.45, 7) is 4.47. The van der Waals surface area contributed by atoms with Crippen LogP contribution in [0.5, 0.6) is 17.2 Å². The predicted molar refractivity (Wildman–Crippen MR) is 114 cm³/mol. The maximum atomic E-state index is 12.4. The third kappa shape index (κ3) is 5.14. The molecule has 0 saturated heterocycles. The first-order valence-electron chi connectivity index (χ1n) is 9.30. The molecule has 3 rings (SSSR count). The van der Waals surface area contributed by atoms with E-state index in [-0.39, 0.29) is 17.7 Å². The molecule has 1 amide bonds. The van der Waals surface area contributed by atoms with Crippen molar-refractivity contribution in [1.29, 1.82) is 0 Å². The van der Waals surface area contributed by atoms with Crippen LogP contribution in [0.3, 0.4) is 0 Å². The smallest absolute Gasteiger partial charge is 0.230 e. The number of amides is 1. The predicted octanol–water partition coefficient (Wildman–Crippen LogP) is 3.95. The summed E-state index contributed by atoms with van der Waals surface area (Å²) in [4.78, 5) is 20.2. The van der Waals surface area contributed by atoms with Gasteiger partial charge in [0.1, 0.15) is 17.2 Å². The maximum Gasteiger partial charge on any atom is 0.230 e. The molecule has 0 aliphatic heterocycles. The van der Waals surface area contributed by atoms with Crippen molar-refractivity contribution in [3.8, 4) is 17.2 Å². The SMILES string of the molecule is CCOc1ccc2nc(SCC(=O)NC(C)c3cc(OC)ccc3OC)[nH]c2c1. The Labute approximate surface area is 174 Å². The number of fused-ring (bicyclic) bond motifs is 1. The zero-order valence-corrected chi connectivity index (χ0v) is 17.8. The highest BCUT2D eigenvalue weighted by Crippen LogP contribution is 2.29. The maximum absolute atomic E-state index is 12.4. The molecule has 7 nitrogen and oxygen atoms in total. The Hall–Kier alpha value is -2.87. The van der Waals surface area contributed by atoms with Gasteiger partial charge in [-0.1, -0.05) is 11.8 Å². The lowest BCUT2D eigenvalue weighted by atomic mass is 10.1. The minimum absolute atomic E-state index is 0.0946. The van der Waals surface area contributed by atoms with Crippen molar-refractivity contribution in [2.45, 2.75) is 25.0 Å².